The van der Waals surface area contributed by atoms with E-state index in [0.29, 0.717) is 37.7 Å². The van der Waals surface area contributed by atoms with Crippen molar-refractivity contribution < 1.29 is 14.4 Å². The molecule has 9 heteroatoms. The number of amides is 1. The van der Waals surface area contributed by atoms with E-state index in [2.05, 4.69) is 10.2 Å². The Bertz CT molecular complexity index is 863. The molecule has 1 N–H and O–H groups in total. The molecule has 0 aliphatic carbocycles. The second-order valence-electron chi connectivity index (χ2n) is 6.79. The topological polar surface area (TPSA) is 84.3 Å². The van der Waals surface area contributed by atoms with Crippen molar-refractivity contribution in [1.29, 1.82) is 0 Å². The van der Waals surface area contributed by atoms with Crippen LogP contribution >= 0.6 is 23.2 Å². The zero-order chi connectivity index (χ0) is 21.4. The molecule has 2 aromatic rings. The summed E-state index contributed by atoms with van der Waals surface area (Å²) < 4.78 is 2.02. The lowest BCUT2D eigenvalue weighted by Crippen LogP contribution is -2.38. The van der Waals surface area contributed by atoms with Crippen LogP contribution in [0, 0.1) is 0 Å². The van der Waals surface area contributed by atoms with Crippen LogP contribution in [0.5, 0.6) is 0 Å². The lowest BCUT2D eigenvalue weighted by atomic mass is 10.2. The normalized spacial score (nSPS) is 12.0. The fourth-order valence-corrected chi connectivity index (χ4v) is 3.53. The number of Topliss-reactive ketones (excluding diaryl/α,β-unsaturated/α-hetero) is 1. The van der Waals surface area contributed by atoms with Gasteiger partial charge in [0, 0.05) is 50.4 Å². The van der Waals surface area contributed by atoms with E-state index >= 15 is 0 Å². The number of fused-ring (bicyclic) bond motifs is 1. The van der Waals surface area contributed by atoms with Crippen molar-refractivity contribution in [3.63, 3.8) is 0 Å². The van der Waals surface area contributed by atoms with E-state index in [1.807, 2.05) is 29.8 Å². The third-order valence-corrected chi connectivity index (χ3v) is 5.09. The van der Waals surface area contributed by atoms with E-state index in [-0.39, 0.29) is 18.6 Å². The number of rotatable bonds is 12. The number of nitrogens with zero attached hydrogens (tertiary/aromatic N) is 3. The van der Waals surface area contributed by atoms with E-state index in [4.69, 9.17) is 28.2 Å². The predicted octanol–water partition coefficient (Wildman–Crippen LogP) is 2.45. The number of aryl methyl sites for hydroxylation is 2. The molecular weight excluding hydrogens is 415 g/mol. The number of carbonyl (C=O) groups excluding carboxylic acids is 3. The molecule has 1 aromatic heterocycles. The molecule has 158 valence electrons. The number of aromatic nitrogens is 2. The van der Waals surface area contributed by atoms with E-state index < -0.39 is 11.8 Å². The van der Waals surface area contributed by atoms with Crippen molar-refractivity contribution in [3.8, 4) is 0 Å². The zero-order valence-corrected chi connectivity index (χ0v) is 18.2. The molecule has 7 nitrogen and oxygen atoms in total. The fourth-order valence-electron chi connectivity index (χ4n) is 3.13. The van der Waals surface area contributed by atoms with Crippen LogP contribution in [0.15, 0.2) is 18.2 Å². The number of benzene rings is 1. The first kappa shape index (κ1) is 23.2. The van der Waals surface area contributed by atoms with E-state index in [1.165, 1.54) is 6.92 Å². The molecule has 0 saturated heterocycles. The van der Waals surface area contributed by atoms with Crippen molar-refractivity contribution in [2.75, 3.05) is 29.7 Å². The molecule has 0 saturated carbocycles. The second-order valence-corrected chi connectivity index (χ2v) is 7.54. The third-order valence-electron chi connectivity index (χ3n) is 4.76. The number of alkyl halides is 2. The molecule has 0 aliphatic heterocycles. The largest absolute Gasteiger partial charge is 0.369 e. The minimum Gasteiger partial charge on any atom is -0.369 e. The van der Waals surface area contributed by atoms with Crippen LogP contribution in [0.25, 0.3) is 11.0 Å². The molecule has 1 atom stereocenters. The first-order chi connectivity index (χ1) is 13.9. The van der Waals surface area contributed by atoms with Gasteiger partial charge in [-0.05, 0) is 31.5 Å². The lowest BCUT2D eigenvalue weighted by molar-refractivity contribution is -0.133. The summed E-state index contributed by atoms with van der Waals surface area (Å²) in [6.45, 7) is 2.91. The molecule has 1 heterocycles. The molecular formula is C20H26Cl2N4O3. The summed E-state index contributed by atoms with van der Waals surface area (Å²) in [7, 11) is 1.95. The van der Waals surface area contributed by atoms with Gasteiger partial charge in [-0.2, -0.15) is 0 Å². The molecule has 2 rings (SSSR count). The Balaban J connectivity index is 2.02. The van der Waals surface area contributed by atoms with Crippen LogP contribution in [0.2, 0.25) is 0 Å². The fraction of sp³-hybridized carbons (Fsp3) is 0.500. The van der Waals surface area contributed by atoms with Crippen molar-refractivity contribution in [1.82, 2.24) is 14.9 Å². The number of halogens is 2. The molecule has 0 fully saturated rings. The third kappa shape index (κ3) is 6.18. The second kappa shape index (κ2) is 11.2. The van der Waals surface area contributed by atoms with Crippen LogP contribution in [0.4, 0.5) is 5.69 Å². The molecule has 1 unspecified atom stereocenters. The Labute approximate surface area is 180 Å². The van der Waals surface area contributed by atoms with Gasteiger partial charge in [0.25, 0.3) is 0 Å². The quantitative estimate of drug-likeness (QED) is 0.311. The minimum absolute atomic E-state index is 0.222. The number of carbonyl (C=O) groups is 3. The van der Waals surface area contributed by atoms with Crippen LogP contribution in [0.3, 0.4) is 0 Å². The number of imidazole rings is 1. The summed E-state index contributed by atoms with van der Waals surface area (Å²) in [5.74, 6) is 1.01. The standard InChI is InChI=1S/C20H26Cl2N4O3/c1-14(18(28)13-27)23-20(29)5-3-4-19-24-16-12-15(6-7-17(16)25(19)2)26(10-8-21)11-9-22/h6-7,12-14H,3-5,8-11H2,1-2H3,(H,23,29). The van der Waals surface area contributed by atoms with Crippen molar-refractivity contribution in [3.05, 3.63) is 24.0 Å². The minimum atomic E-state index is -0.793. The van der Waals surface area contributed by atoms with Crippen LogP contribution in [-0.4, -0.2) is 58.4 Å². The average molecular weight is 441 g/mol. The summed E-state index contributed by atoms with van der Waals surface area (Å²) >= 11 is 11.8. The van der Waals surface area contributed by atoms with Gasteiger partial charge in [0.1, 0.15) is 5.82 Å². The van der Waals surface area contributed by atoms with E-state index in [0.717, 1.165) is 22.5 Å². The molecule has 0 radical (unpaired) electrons. The van der Waals surface area contributed by atoms with Gasteiger partial charge in [-0.15, -0.1) is 23.2 Å². The van der Waals surface area contributed by atoms with E-state index in [9.17, 15) is 14.4 Å². The highest BCUT2D eigenvalue weighted by Gasteiger charge is 2.15. The molecule has 0 bridgehead atoms. The maximum atomic E-state index is 11.9. The van der Waals surface area contributed by atoms with Gasteiger partial charge < -0.3 is 14.8 Å². The predicted molar refractivity (Wildman–Crippen MR) is 116 cm³/mol. The monoisotopic (exact) mass is 440 g/mol. The number of hydrogen-bond donors (Lipinski definition) is 1. The Kier molecular flexibility index (Phi) is 8.92. The van der Waals surface area contributed by atoms with Crippen molar-refractivity contribution in [2.24, 2.45) is 7.05 Å². The van der Waals surface area contributed by atoms with Gasteiger partial charge in [-0.3, -0.25) is 14.4 Å². The number of aldehydes is 1. The maximum Gasteiger partial charge on any atom is 0.220 e. The molecule has 0 aliphatic rings. The number of ketones is 1. The Morgan fingerprint density at radius 2 is 1.97 bits per heavy atom. The number of nitrogens with one attached hydrogen (secondary N) is 1. The highest BCUT2D eigenvalue weighted by atomic mass is 35.5. The maximum absolute atomic E-state index is 11.9. The number of anilines is 1. The molecule has 29 heavy (non-hydrogen) atoms. The van der Waals surface area contributed by atoms with Gasteiger partial charge in [0.2, 0.25) is 11.7 Å². The summed E-state index contributed by atoms with van der Waals surface area (Å²) in [5.41, 5.74) is 2.91. The van der Waals surface area contributed by atoms with E-state index in [1.54, 1.807) is 0 Å². The number of hydrogen-bond acceptors (Lipinski definition) is 5. The van der Waals surface area contributed by atoms with Crippen LogP contribution in [0.1, 0.15) is 25.6 Å². The first-order valence-corrected chi connectivity index (χ1v) is 10.6. The summed E-state index contributed by atoms with van der Waals surface area (Å²) in [5, 5.41) is 2.53. The van der Waals surface area contributed by atoms with Crippen LogP contribution < -0.4 is 10.2 Å². The zero-order valence-electron chi connectivity index (χ0n) is 16.7. The Hall–Kier alpha value is -2.12. The van der Waals surface area contributed by atoms with Gasteiger partial charge in [0.15, 0.2) is 6.29 Å². The SMILES string of the molecule is CC(NC(=O)CCCc1nc2cc(N(CCCl)CCCl)ccc2n1C)C(=O)C=O. The smallest absolute Gasteiger partial charge is 0.220 e. The van der Waals surface area contributed by atoms with Crippen LogP contribution in [-0.2, 0) is 27.9 Å². The van der Waals surface area contributed by atoms with Crippen molar-refractivity contribution >= 4 is 57.9 Å². The lowest BCUT2D eigenvalue weighted by Gasteiger charge is -2.22. The summed E-state index contributed by atoms with van der Waals surface area (Å²) in [4.78, 5) is 40.5. The highest BCUT2D eigenvalue weighted by Crippen LogP contribution is 2.23. The Morgan fingerprint density at radius 3 is 2.59 bits per heavy atom. The summed E-state index contributed by atoms with van der Waals surface area (Å²) in [6, 6.07) is 5.29. The van der Waals surface area contributed by atoms with Crippen molar-refractivity contribution in [2.45, 2.75) is 32.2 Å². The van der Waals surface area contributed by atoms with Gasteiger partial charge in [-0.1, -0.05) is 0 Å². The molecule has 0 spiro atoms. The highest BCUT2D eigenvalue weighted by molar-refractivity contribution is 6.27. The van der Waals surface area contributed by atoms with Gasteiger partial charge in [-0.25, -0.2) is 4.98 Å². The Morgan fingerprint density at radius 1 is 1.28 bits per heavy atom. The van der Waals surface area contributed by atoms with Gasteiger partial charge in [0.05, 0.1) is 17.1 Å². The average Bonchev–Trinajstić information content (AvgIpc) is 3.02. The first-order valence-electron chi connectivity index (χ1n) is 9.51. The molecule has 1 aromatic carbocycles. The summed E-state index contributed by atoms with van der Waals surface area (Å²) in [6.07, 6.45) is 1.68. The van der Waals surface area contributed by atoms with Gasteiger partial charge >= 0.3 is 0 Å². The molecule has 1 amide bonds.